The molecule has 0 radical (unpaired) electrons. The number of benzene rings is 1. The number of halogens is 4. The highest BCUT2D eigenvalue weighted by Crippen LogP contribution is 2.30. The predicted molar refractivity (Wildman–Crippen MR) is 110 cm³/mol. The Balaban J connectivity index is 1.83. The molecule has 2 heterocycles. The zero-order valence-corrected chi connectivity index (χ0v) is 18.5. The van der Waals surface area contributed by atoms with Crippen molar-refractivity contribution in [1.82, 2.24) is 19.6 Å². The van der Waals surface area contributed by atoms with Crippen LogP contribution in [0.3, 0.4) is 0 Å². The van der Waals surface area contributed by atoms with Crippen LogP contribution in [-0.4, -0.2) is 25.5 Å². The van der Waals surface area contributed by atoms with Crippen molar-refractivity contribution in [3.05, 3.63) is 63.6 Å². The fraction of sp³-hybridized carbons (Fsp3) is 0.350. The molecule has 0 aliphatic carbocycles. The average molecular weight is 484 g/mol. The summed E-state index contributed by atoms with van der Waals surface area (Å²) in [6.07, 6.45) is -1.10. The number of amides is 1. The van der Waals surface area contributed by atoms with Crippen LogP contribution in [0, 0.1) is 13.8 Å². The fourth-order valence-electron chi connectivity index (χ4n) is 3.03. The van der Waals surface area contributed by atoms with Gasteiger partial charge in [0.2, 0.25) is 0 Å². The minimum atomic E-state index is -4.41. The lowest BCUT2D eigenvalue weighted by Gasteiger charge is -2.24. The lowest BCUT2D eigenvalue weighted by Crippen LogP contribution is -2.40. The van der Waals surface area contributed by atoms with Crippen molar-refractivity contribution in [3.63, 3.8) is 0 Å². The highest BCUT2D eigenvalue weighted by atomic mass is 79.9. The Kier molecular flexibility index (Phi) is 5.81. The molecule has 1 N–H and O–H groups in total. The molecule has 1 amide bonds. The van der Waals surface area contributed by atoms with Crippen LogP contribution in [0.25, 0.3) is 0 Å². The van der Waals surface area contributed by atoms with E-state index in [-0.39, 0.29) is 12.5 Å². The third-order valence-corrected chi connectivity index (χ3v) is 5.30. The molecule has 0 fully saturated rings. The average Bonchev–Trinajstić information content (AvgIpc) is 3.20. The number of hydrogen-bond acceptors (Lipinski definition) is 3. The van der Waals surface area contributed by atoms with Crippen molar-refractivity contribution in [2.75, 3.05) is 5.32 Å². The number of anilines is 1. The van der Waals surface area contributed by atoms with Crippen LogP contribution in [0.2, 0.25) is 0 Å². The molecular weight excluding hydrogens is 463 g/mol. The van der Waals surface area contributed by atoms with Crippen molar-refractivity contribution in [2.45, 2.75) is 46.0 Å². The number of nitrogens with zero attached hydrogens (tertiary/aromatic N) is 4. The molecule has 0 aliphatic rings. The van der Waals surface area contributed by atoms with Crippen molar-refractivity contribution >= 4 is 27.5 Å². The third-order valence-electron chi connectivity index (χ3n) is 4.89. The van der Waals surface area contributed by atoms with Gasteiger partial charge in [-0.25, -0.2) is 0 Å². The number of aryl methyl sites for hydroxylation is 1. The molecule has 0 aliphatic heterocycles. The van der Waals surface area contributed by atoms with E-state index in [4.69, 9.17) is 0 Å². The van der Waals surface area contributed by atoms with E-state index in [9.17, 15) is 18.0 Å². The quantitative estimate of drug-likeness (QED) is 0.561. The molecule has 6 nitrogen and oxygen atoms in total. The summed E-state index contributed by atoms with van der Waals surface area (Å²) in [6.45, 7) is 7.13. The van der Waals surface area contributed by atoms with Crippen LogP contribution in [0.1, 0.15) is 36.4 Å². The monoisotopic (exact) mass is 483 g/mol. The van der Waals surface area contributed by atoms with Crippen LogP contribution in [-0.2, 0) is 23.1 Å². The second-order valence-electron chi connectivity index (χ2n) is 7.52. The lowest BCUT2D eigenvalue weighted by atomic mass is 10.0. The summed E-state index contributed by atoms with van der Waals surface area (Å²) in [4.78, 5) is 12.9. The second-order valence-corrected chi connectivity index (χ2v) is 8.43. The summed E-state index contributed by atoms with van der Waals surface area (Å²) in [5.74, 6) is -0.289. The molecule has 160 valence electrons. The molecule has 3 rings (SSSR count). The van der Waals surface area contributed by atoms with Gasteiger partial charge in [0.25, 0.3) is 5.91 Å². The second kappa shape index (κ2) is 7.90. The fourth-order valence-corrected chi connectivity index (χ4v) is 3.31. The summed E-state index contributed by atoms with van der Waals surface area (Å²) in [5, 5.41) is 11.5. The van der Waals surface area contributed by atoms with Crippen LogP contribution in [0.4, 0.5) is 18.9 Å². The van der Waals surface area contributed by atoms with Gasteiger partial charge in [-0.1, -0.05) is 12.1 Å². The number of nitrogens with one attached hydrogen (secondary N) is 1. The number of alkyl halides is 3. The Morgan fingerprint density at radius 3 is 2.53 bits per heavy atom. The molecule has 0 unspecified atom stereocenters. The predicted octanol–water partition coefficient (Wildman–Crippen LogP) is 4.90. The van der Waals surface area contributed by atoms with Gasteiger partial charge in [0.05, 0.1) is 39.9 Å². The van der Waals surface area contributed by atoms with E-state index in [1.807, 2.05) is 0 Å². The SMILES string of the molecule is Cc1nn(Cc2cccc(C(F)(F)F)c2)c(C)c1NC(=O)C(C)(C)n1cc(Br)cn1. The highest BCUT2D eigenvalue weighted by molar-refractivity contribution is 9.10. The third kappa shape index (κ3) is 4.43. The van der Waals surface area contributed by atoms with Crippen LogP contribution < -0.4 is 5.32 Å². The van der Waals surface area contributed by atoms with Gasteiger partial charge < -0.3 is 5.32 Å². The van der Waals surface area contributed by atoms with Crippen LogP contribution in [0.5, 0.6) is 0 Å². The molecule has 2 aromatic heterocycles. The van der Waals surface area contributed by atoms with Crippen molar-refractivity contribution in [3.8, 4) is 0 Å². The standard InChI is InChI=1S/C20H21BrF3N5O/c1-12-17(26-18(30)19(3,4)29-11-16(21)9-25-29)13(2)28(27-12)10-14-6-5-7-15(8-14)20(22,23)24/h5-9,11H,10H2,1-4H3,(H,26,30). The molecule has 3 aromatic rings. The zero-order chi connectivity index (χ0) is 22.3. The van der Waals surface area contributed by atoms with Gasteiger partial charge in [0.15, 0.2) is 0 Å². The summed E-state index contributed by atoms with van der Waals surface area (Å²) in [6, 6.07) is 5.12. The van der Waals surface area contributed by atoms with Crippen LogP contribution in [0.15, 0.2) is 41.1 Å². The largest absolute Gasteiger partial charge is 0.416 e. The molecule has 10 heteroatoms. The number of carbonyl (C=O) groups excluding carboxylic acids is 1. The maximum absolute atomic E-state index is 13.0. The molecule has 30 heavy (non-hydrogen) atoms. The molecule has 0 saturated heterocycles. The molecule has 0 saturated carbocycles. The molecule has 1 aromatic carbocycles. The smallest absolute Gasteiger partial charge is 0.321 e. The topological polar surface area (TPSA) is 64.7 Å². The summed E-state index contributed by atoms with van der Waals surface area (Å²) in [7, 11) is 0. The van der Waals surface area contributed by atoms with Gasteiger partial charge in [-0.2, -0.15) is 23.4 Å². The molecule has 0 bridgehead atoms. The first-order chi connectivity index (χ1) is 13.9. The van der Waals surface area contributed by atoms with Gasteiger partial charge in [0.1, 0.15) is 5.54 Å². The van der Waals surface area contributed by atoms with Crippen molar-refractivity contribution < 1.29 is 18.0 Å². The van der Waals surface area contributed by atoms with E-state index in [2.05, 4.69) is 31.4 Å². The Labute approximate surface area is 180 Å². The zero-order valence-electron chi connectivity index (χ0n) is 16.9. The normalized spacial score (nSPS) is 12.3. The number of rotatable bonds is 5. The van der Waals surface area contributed by atoms with E-state index in [1.54, 1.807) is 55.5 Å². The molecular formula is C20H21BrF3N5O. The van der Waals surface area contributed by atoms with Gasteiger partial charge in [-0.3, -0.25) is 14.2 Å². The van der Waals surface area contributed by atoms with E-state index in [1.165, 1.54) is 6.07 Å². The Morgan fingerprint density at radius 1 is 1.23 bits per heavy atom. The summed E-state index contributed by atoms with van der Waals surface area (Å²) in [5.41, 5.74) is 0.554. The van der Waals surface area contributed by atoms with Gasteiger partial charge >= 0.3 is 6.18 Å². The maximum Gasteiger partial charge on any atom is 0.416 e. The first kappa shape index (κ1) is 22.1. The van der Waals surface area contributed by atoms with E-state index in [0.717, 1.165) is 16.6 Å². The Bertz CT molecular complexity index is 1080. The highest BCUT2D eigenvalue weighted by Gasteiger charge is 2.32. The van der Waals surface area contributed by atoms with Gasteiger partial charge in [-0.05, 0) is 61.3 Å². The van der Waals surface area contributed by atoms with Crippen molar-refractivity contribution in [2.24, 2.45) is 0 Å². The lowest BCUT2D eigenvalue weighted by molar-refractivity contribution is -0.137. The molecule has 0 spiro atoms. The first-order valence-electron chi connectivity index (χ1n) is 9.12. The van der Waals surface area contributed by atoms with Gasteiger partial charge in [0, 0.05) is 6.20 Å². The number of aromatic nitrogens is 4. The van der Waals surface area contributed by atoms with Crippen LogP contribution >= 0.6 is 15.9 Å². The Morgan fingerprint density at radius 2 is 1.93 bits per heavy atom. The van der Waals surface area contributed by atoms with Gasteiger partial charge in [-0.15, -0.1) is 0 Å². The maximum atomic E-state index is 13.0. The number of hydrogen-bond donors (Lipinski definition) is 1. The number of carbonyl (C=O) groups is 1. The van der Waals surface area contributed by atoms with E-state index >= 15 is 0 Å². The van der Waals surface area contributed by atoms with Crippen molar-refractivity contribution in [1.29, 1.82) is 0 Å². The minimum absolute atomic E-state index is 0.155. The summed E-state index contributed by atoms with van der Waals surface area (Å²) < 4.78 is 42.8. The minimum Gasteiger partial charge on any atom is -0.321 e. The summed E-state index contributed by atoms with van der Waals surface area (Å²) >= 11 is 3.32. The van der Waals surface area contributed by atoms with E-state index < -0.39 is 17.3 Å². The Hall–Kier alpha value is -2.62. The first-order valence-corrected chi connectivity index (χ1v) is 9.91. The van der Waals surface area contributed by atoms with E-state index in [0.29, 0.717) is 22.6 Å². The molecule has 0 atom stereocenters.